The molecule has 0 bridgehead atoms. The van der Waals surface area contributed by atoms with Crippen molar-refractivity contribution in [1.82, 2.24) is 5.32 Å². The molecule has 0 unspecified atom stereocenters. The van der Waals surface area contributed by atoms with Gasteiger partial charge in [-0.3, -0.25) is 0 Å². The highest BCUT2D eigenvalue weighted by molar-refractivity contribution is 7.80. The van der Waals surface area contributed by atoms with E-state index >= 15 is 0 Å². The Bertz CT molecular complexity index is 1060. The number of thiocarbonyl (C=S) groups is 1. The second kappa shape index (κ2) is 13.5. The van der Waals surface area contributed by atoms with E-state index in [1.807, 2.05) is 91.0 Å². The van der Waals surface area contributed by atoms with Gasteiger partial charge >= 0.3 is 0 Å². The van der Waals surface area contributed by atoms with E-state index in [2.05, 4.69) is 5.32 Å². The molecular formula is C28H32N2O5S. The lowest BCUT2D eigenvalue weighted by atomic mass is 9.96. The van der Waals surface area contributed by atoms with E-state index in [1.165, 1.54) is 0 Å². The second-order valence-corrected chi connectivity index (χ2v) is 9.06. The lowest BCUT2D eigenvalue weighted by Crippen LogP contribution is -2.66. The molecule has 3 aromatic rings. The lowest BCUT2D eigenvalue weighted by Gasteiger charge is -2.45. The van der Waals surface area contributed by atoms with E-state index in [9.17, 15) is 5.11 Å². The largest absolute Gasteiger partial charge is 0.376 e. The van der Waals surface area contributed by atoms with Crippen LogP contribution >= 0.6 is 12.2 Å². The monoisotopic (exact) mass is 508 g/mol. The van der Waals surface area contributed by atoms with Crippen LogP contribution < -0.4 is 11.1 Å². The maximum absolute atomic E-state index is 10.9. The second-order valence-electron chi connectivity index (χ2n) is 8.62. The van der Waals surface area contributed by atoms with Gasteiger partial charge in [-0.1, -0.05) is 91.0 Å². The molecule has 0 spiro atoms. The number of nitrogens with one attached hydrogen (secondary N) is 1. The molecule has 0 aromatic heterocycles. The standard InChI is InChI=1S/C28H32N2O5S/c29-28(36)30-24-26(34-18-22-14-8-3-9-15-22)25(33-17-21-12-6-2-7-13-21)23(35-27(24)31)19-32-16-20-10-4-1-5-11-20/h1-15,23-27,31H,16-19H2,(H3,29,30,36)/t23-,24-,25-,26-,27-/m1/s1. The minimum absolute atomic E-state index is 0.0385. The van der Waals surface area contributed by atoms with Crippen molar-refractivity contribution in [2.24, 2.45) is 5.73 Å². The Morgan fingerprint density at radius 2 is 1.25 bits per heavy atom. The van der Waals surface area contributed by atoms with Gasteiger partial charge in [-0.05, 0) is 28.9 Å². The smallest absolute Gasteiger partial charge is 0.178 e. The van der Waals surface area contributed by atoms with Crippen LogP contribution in [0.3, 0.4) is 0 Å². The summed E-state index contributed by atoms with van der Waals surface area (Å²) in [5.74, 6) is 0. The number of aliphatic hydroxyl groups excluding tert-OH is 1. The molecule has 1 fully saturated rings. The molecule has 0 radical (unpaired) electrons. The summed E-state index contributed by atoms with van der Waals surface area (Å²) in [6, 6.07) is 28.8. The van der Waals surface area contributed by atoms with E-state index in [1.54, 1.807) is 0 Å². The van der Waals surface area contributed by atoms with Crippen molar-refractivity contribution in [3.63, 3.8) is 0 Å². The first-order valence-corrected chi connectivity index (χ1v) is 12.3. The van der Waals surface area contributed by atoms with Gasteiger partial charge < -0.3 is 35.1 Å². The quantitative estimate of drug-likeness (QED) is 0.340. The minimum atomic E-state index is -1.23. The molecule has 3 aromatic carbocycles. The van der Waals surface area contributed by atoms with Gasteiger partial charge in [-0.15, -0.1) is 0 Å². The van der Waals surface area contributed by atoms with Gasteiger partial charge in [0.2, 0.25) is 0 Å². The fourth-order valence-electron chi connectivity index (χ4n) is 4.17. The van der Waals surface area contributed by atoms with Crippen LogP contribution in [0.25, 0.3) is 0 Å². The van der Waals surface area contributed by atoms with Crippen molar-refractivity contribution in [2.45, 2.75) is 50.5 Å². The number of aliphatic hydroxyl groups is 1. The van der Waals surface area contributed by atoms with Gasteiger partial charge in [-0.2, -0.15) is 0 Å². The highest BCUT2D eigenvalue weighted by Crippen LogP contribution is 2.27. The number of nitrogens with two attached hydrogens (primary N) is 1. The Balaban J connectivity index is 1.53. The zero-order valence-electron chi connectivity index (χ0n) is 19.9. The van der Waals surface area contributed by atoms with Crippen LogP contribution in [-0.2, 0) is 38.8 Å². The number of hydrogen-bond donors (Lipinski definition) is 3. The number of benzene rings is 3. The van der Waals surface area contributed by atoms with Crippen molar-refractivity contribution in [3.05, 3.63) is 108 Å². The van der Waals surface area contributed by atoms with Gasteiger partial charge in [0.1, 0.15) is 24.4 Å². The maximum atomic E-state index is 10.9. The summed E-state index contributed by atoms with van der Waals surface area (Å²) in [6.45, 7) is 1.27. The number of rotatable bonds is 11. The maximum Gasteiger partial charge on any atom is 0.178 e. The van der Waals surface area contributed by atoms with E-state index in [0.717, 1.165) is 16.7 Å². The normalized spacial score (nSPS) is 23.8. The van der Waals surface area contributed by atoms with E-state index in [-0.39, 0.29) is 11.7 Å². The number of hydrogen-bond acceptors (Lipinski definition) is 6. The minimum Gasteiger partial charge on any atom is -0.376 e. The van der Waals surface area contributed by atoms with E-state index in [4.69, 9.17) is 36.9 Å². The first-order chi connectivity index (χ1) is 17.6. The van der Waals surface area contributed by atoms with Gasteiger partial charge in [0, 0.05) is 0 Å². The van der Waals surface area contributed by atoms with Crippen LogP contribution in [0.5, 0.6) is 0 Å². The fraction of sp³-hybridized carbons (Fsp3) is 0.321. The molecule has 1 heterocycles. The van der Waals surface area contributed by atoms with Crippen LogP contribution in [-0.4, -0.2) is 47.5 Å². The summed E-state index contributed by atoms with van der Waals surface area (Å²) in [5, 5.41) is 13.9. The molecule has 36 heavy (non-hydrogen) atoms. The molecule has 4 N–H and O–H groups in total. The van der Waals surface area contributed by atoms with Crippen molar-refractivity contribution < 1.29 is 24.1 Å². The van der Waals surface area contributed by atoms with Crippen LogP contribution in [0.15, 0.2) is 91.0 Å². The first-order valence-electron chi connectivity index (χ1n) is 11.9. The predicted octanol–water partition coefficient (Wildman–Crippen LogP) is 3.29. The first kappa shape index (κ1) is 26.2. The van der Waals surface area contributed by atoms with E-state index in [0.29, 0.717) is 19.8 Å². The summed E-state index contributed by atoms with van der Waals surface area (Å²) in [6.07, 6.45) is -3.00. The number of ether oxygens (including phenoxy) is 4. The van der Waals surface area contributed by atoms with Gasteiger partial charge in [0.05, 0.1) is 26.4 Å². The Kier molecular flexibility index (Phi) is 9.80. The van der Waals surface area contributed by atoms with Crippen LogP contribution in [0.4, 0.5) is 0 Å². The van der Waals surface area contributed by atoms with Crippen molar-refractivity contribution in [3.8, 4) is 0 Å². The molecular weight excluding hydrogens is 476 g/mol. The molecule has 0 amide bonds. The van der Waals surface area contributed by atoms with Crippen LogP contribution in [0.2, 0.25) is 0 Å². The molecule has 190 valence electrons. The Morgan fingerprint density at radius 1 is 0.778 bits per heavy atom. The summed E-state index contributed by atoms with van der Waals surface area (Å²) in [7, 11) is 0. The molecule has 7 nitrogen and oxygen atoms in total. The lowest BCUT2D eigenvalue weighted by molar-refractivity contribution is -0.276. The topological polar surface area (TPSA) is 95.2 Å². The SMILES string of the molecule is NC(=S)N[C@@H]1[C@@H](OCc2ccccc2)[C@H](OCc2ccccc2)[C@@H](COCc2ccccc2)O[C@H]1O. The summed E-state index contributed by atoms with van der Waals surface area (Å²) >= 11 is 5.07. The third-order valence-electron chi connectivity index (χ3n) is 5.94. The van der Waals surface area contributed by atoms with Gasteiger partial charge in [0.15, 0.2) is 11.4 Å². The molecule has 1 saturated heterocycles. The van der Waals surface area contributed by atoms with E-state index < -0.39 is 30.6 Å². The zero-order valence-corrected chi connectivity index (χ0v) is 20.8. The average molecular weight is 509 g/mol. The summed E-state index contributed by atoms with van der Waals surface area (Å²) in [5.41, 5.74) is 8.82. The Morgan fingerprint density at radius 3 is 1.75 bits per heavy atom. The Hall–Kier alpha value is -2.85. The van der Waals surface area contributed by atoms with Crippen LogP contribution in [0, 0.1) is 0 Å². The zero-order chi connectivity index (χ0) is 25.2. The van der Waals surface area contributed by atoms with Gasteiger partial charge in [-0.25, -0.2) is 0 Å². The van der Waals surface area contributed by atoms with Crippen molar-refractivity contribution in [2.75, 3.05) is 6.61 Å². The highest BCUT2D eigenvalue weighted by atomic mass is 32.1. The fourth-order valence-corrected chi connectivity index (χ4v) is 4.31. The van der Waals surface area contributed by atoms with Crippen molar-refractivity contribution >= 4 is 17.3 Å². The highest BCUT2D eigenvalue weighted by Gasteiger charge is 2.47. The average Bonchev–Trinajstić information content (AvgIpc) is 2.90. The summed E-state index contributed by atoms with van der Waals surface area (Å²) in [4.78, 5) is 0. The Labute approximate surface area is 217 Å². The summed E-state index contributed by atoms with van der Waals surface area (Å²) < 4.78 is 24.7. The van der Waals surface area contributed by atoms with Crippen LogP contribution in [0.1, 0.15) is 16.7 Å². The molecule has 1 aliphatic heterocycles. The molecule has 8 heteroatoms. The van der Waals surface area contributed by atoms with Gasteiger partial charge in [0.25, 0.3) is 0 Å². The molecule has 4 rings (SSSR count). The molecule has 1 aliphatic rings. The third kappa shape index (κ3) is 7.57. The molecule has 5 atom stereocenters. The van der Waals surface area contributed by atoms with Crippen molar-refractivity contribution in [1.29, 1.82) is 0 Å². The third-order valence-corrected chi connectivity index (χ3v) is 6.06. The predicted molar refractivity (Wildman–Crippen MR) is 141 cm³/mol. The molecule has 0 saturated carbocycles. The molecule has 0 aliphatic carbocycles.